The number of sulfonamides is 1. The number of hydrogen-bond acceptors (Lipinski definition) is 4. The smallest absolute Gasteiger partial charge is 0.252 e. The summed E-state index contributed by atoms with van der Waals surface area (Å²) in [5, 5.41) is 2.82. The number of nitrogens with zero attached hydrogens (tertiary/aromatic N) is 1. The number of hydrogen-bond donors (Lipinski definition) is 3. The molecule has 146 valence electrons. The molecule has 1 aliphatic carbocycles. The van der Waals surface area contributed by atoms with Gasteiger partial charge in [-0.25, -0.2) is 18.1 Å². The summed E-state index contributed by atoms with van der Waals surface area (Å²) in [6, 6.07) is 12.2. The molecule has 3 N–H and O–H groups in total. The van der Waals surface area contributed by atoms with E-state index < -0.39 is 10.0 Å². The van der Waals surface area contributed by atoms with Crippen molar-refractivity contribution < 1.29 is 13.2 Å². The van der Waals surface area contributed by atoms with Crippen LogP contribution in [0.2, 0.25) is 0 Å². The van der Waals surface area contributed by atoms with E-state index in [9.17, 15) is 13.2 Å². The van der Waals surface area contributed by atoms with Gasteiger partial charge in [0.15, 0.2) is 0 Å². The fourth-order valence-electron chi connectivity index (χ4n) is 2.85. The largest absolute Gasteiger partial charge is 0.352 e. The molecule has 9 heteroatoms. The maximum atomic E-state index is 12.6. The predicted molar refractivity (Wildman–Crippen MR) is 110 cm³/mol. The molecule has 0 bridgehead atoms. The molecule has 2 aromatic carbocycles. The van der Waals surface area contributed by atoms with Gasteiger partial charge in [0, 0.05) is 23.5 Å². The Morgan fingerprint density at radius 1 is 1.21 bits per heavy atom. The number of benzene rings is 2. The van der Waals surface area contributed by atoms with Crippen LogP contribution in [-0.4, -0.2) is 36.9 Å². The lowest BCUT2D eigenvalue weighted by Gasteiger charge is -2.10. The first-order valence-electron chi connectivity index (χ1n) is 8.96. The van der Waals surface area contributed by atoms with E-state index in [1.165, 1.54) is 12.1 Å². The van der Waals surface area contributed by atoms with Crippen LogP contribution < -0.4 is 10.0 Å². The molecule has 1 amide bonds. The lowest BCUT2D eigenvalue weighted by atomic mass is 10.2. The van der Waals surface area contributed by atoms with Gasteiger partial charge in [-0.2, -0.15) is 0 Å². The van der Waals surface area contributed by atoms with E-state index in [0.717, 1.165) is 29.7 Å². The van der Waals surface area contributed by atoms with Crippen LogP contribution in [0.4, 0.5) is 0 Å². The van der Waals surface area contributed by atoms with Crippen LogP contribution in [0.1, 0.15) is 29.0 Å². The standard InChI is InChI=1S/C19H19BrN4O3S/c20-15-8-7-13(28(26,27)24-12-5-6-12)11-14(15)19(25)21-10-9-18-22-16-3-1-2-4-17(16)23-18/h1-4,7-8,11-12,24H,5-6,9-10H2,(H,21,25)(H,22,23). The molecular weight excluding hydrogens is 444 g/mol. The quantitative estimate of drug-likeness (QED) is 0.501. The Morgan fingerprint density at radius 2 is 2.00 bits per heavy atom. The zero-order valence-electron chi connectivity index (χ0n) is 14.9. The van der Waals surface area contributed by atoms with Crippen molar-refractivity contribution in [3.05, 3.63) is 58.3 Å². The average Bonchev–Trinajstić information content (AvgIpc) is 3.36. The van der Waals surface area contributed by atoms with Gasteiger partial charge < -0.3 is 10.3 Å². The highest BCUT2D eigenvalue weighted by Gasteiger charge is 2.28. The molecule has 0 atom stereocenters. The Morgan fingerprint density at radius 3 is 2.75 bits per heavy atom. The van der Waals surface area contributed by atoms with Gasteiger partial charge in [0.1, 0.15) is 5.82 Å². The molecule has 0 spiro atoms. The summed E-state index contributed by atoms with van der Waals surface area (Å²) in [5.41, 5.74) is 2.11. The summed E-state index contributed by atoms with van der Waals surface area (Å²) in [7, 11) is -3.61. The van der Waals surface area contributed by atoms with E-state index >= 15 is 0 Å². The number of fused-ring (bicyclic) bond motifs is 1. The molecule has 0 unspecified atom stereocenters. The Balaban J connectivity index is 1.43. The highest BCUT2D eigenvalue weighted by molar-refractivity contribution is 9.10. The van der Waals surface area contributed by atoms with E-state index in [-0.39, 0.29) is 22.4 Å². The lowest BCUT2D eigenvalue weighted by molar-refractivity contribution is 0.0953. The fourth-order valence-corrected chi connectivity index (χ4v) is 4.61. The van der Waals surface area contributed by atoms with Crippen LogP contribution in [0.3, 0.4) is 0 Å². The highest BCUT2D eigenvalue weighted by Crippen LogP contribution is 2.25. The van der Waals surface area contributed by atoms with Crippen molar-refractivity contribution in [1.82, 2.24) is 20.0 Å². The van der Waals surface area contributed by atoms with E-state index in [4.69, 9.17) is 0 Å². The maximum Gasteiger partial charge on any atom is 0.252 e. The van der Waals surface area contributed by atoms with Crippen LogP contribution >= 0.6 is 15.9 Å². The Labute approximate surface area is 171 Å². The molecule has 1 aliphatic rings. The van der Waals surface area contributed by atoms with E-state index in [1.807, 2.05) is 24.3 Å². The van der Waals surface area contributed by atoms with Crippen molar-refractivity contribution in [3.8, 4) is 0 Å². The van der Waals surface area contributed by atoms with E-state index in [1.54, 1.807) is 6.07 Å². The van der Waals surface area contributed by atoms with Crippen LogP contribution in [0.15, 0.2) is 51.8 Å². The molecule has 1 fully saturated rings. The number of amides is 1. The highest BCUT2D eigenvalue weighted by atomic mass is 79.9. The van der Waals surface area contributed by atoms with Crippen LogP contribution in [-0.2, 0) is 16.4 Å². The third kappa shape index (κ3) is 4.26. The van der Waals surface area contributed by atoms with Gasteiger partial charge in [0.2, 0.25) is 10.0 Å². The number of nitrogens with one attached hydrogen (secondary N) is 3. The van der Waals surface area contributed by atoms with Crippen molar-refractivity contribution >= 4 is 42.9 Å². The van der Waals surface area contributed by atoms with Crippen LogP contribution in [0.5, 0.6) is 0 Å². The predicted octanol–water partition coefficient (Wildman–Crippen LogP) is 2.74. The third-order valence-corrected chi connectivity index (χ3v) is 6.69. The summed E-state index contributed by atoms with van der Waals surface area (Å²) in [4.78, 5) is 20.3. The normalized spacial score (nSPS) is 14.3. The number of rotatable bonds is 7. The summed E-state index contributed by atoms with van der Waals surface area (Å²) < 4.78 is 27.9. The second kappa shape index (κ2) is 7.65. The number of halogens is 1. The number of imidazole rings is 1. The second-order valence-electron chi connectivity index (χ2n) is 6.74. The number of aromatic amines is 1. The van der Waals surface area contributed by atoms with Gasteiger partial charge in [-0.1, -0.05) is 12.1 Å². The molecule has 1 saturated carbocycles. The molecule has 4 rings (SSSR count). The first kappa shape index (κ1) is 19.1. The topological polar surface area (TPSA) is 104 Å². The summed E-state index contributed by atoms with van der Waals surface area (Å²) in [6.45, 7) is 0.377. The number of aromatic nitrogens is 2. The van der Waals surface area contributed by atoms with Crippen molar-refractivity contribution in [2.75, 3.05) is 6.54 Å². The first-order chi connectivity index (χ1) is 13.4. The zero-order valence-corrected chi connectivity index (χ0v) is 17.3. The minimum atomic E-state index is -3.61. The fraction of sp³-hybridized carbons (Fsp3) is 0.263. The molecular formula is C19H19BrN4O3S. The molecule has 3 aromatic rings. The zero-order chi connectivity index (χ0) is 19.7. The van der Waals surface area contributed by atoms with Crippen molar-refractivity contribution in [3.63, 3.8) is 0 Å². The SMILES string of the molecule is O=C(NCCc1nc2ccccc2[nH]1)c1cc(S(=O)(=O)NC2CC2)ccc1Br. The van der Waals surface area contributed by atoms with Gasteiger partial charge in [-0.15, -0.1) is 0 Å². The lowest BCUT2D eigenvalue weighted by Crippen LogP contribution is -2.28. The Hall–Kier alpha value is -2.23. The van der Waals surface area contributed by atoms with Crippen LogP contribution in [0.25, 0.3) is 11.0 Å². The Kier molecular flexibility index (Phi) is 5.22. The monoisotopic (exact) mass is 462 g/mol. The van der Waals surface area contributed by atoms with Crippen molar-refractivity contribution in [1.29, 1.82) is 0 Å². The van der Waals surface area contributed by atoms with Crippen LogP contribution in [0, 0.1) is 0 Å². The minimum absolute atomic E-state index is 0.00901. The molecule has 0 radical (unpaired) electrons. The number of H-pyrrole nitrogens is 1. The van der Waals surface area contributed by atoms with Crippen molar-refractivity contribution in [2.24, 2.45) is 0 Å². The third-order valence-electron chi connectivity index (χ3n) is 4.48. The number of para-hydroxylation sites is 2. The number of carbonyl (C=O) groups is 1. The molecule has 1 aromatic heterocycles. The van der Waals surface area contributed by atoms with Gasteiger partial charge >= 0.3 is 0 Å². The van der Waals surface area contributed by atoms with Gasteiger partial charge in [-0.05, 0) is 59.1 Å². The van der Waals surface area contributed by atoms with Crippen molar-refractivity contribution in [2.45, 2.75) is 30.2 Å². The van der Waals surface area contributed by atoms with Gasteiger partial charge in [0.05, 0.1) is 21.5 Å². The molecule has 28 heavy (non-hydrogen) atoms. The summed E-state index contributed by atoms with van der Waals surface area (Å²) in [6.07, 6.45) is 2.25. The molecule has 0 aliphatic heterocycles. The molecule has 0 saturated heterocycles. The first-order valence-corrected chi connectivity index (χ1v) is 11.2. The Bertz CT molecular complexity index is 1110. The second-order valence-corrected chi connectivity index (χ2v) is 9.31. The van der Waals surface area contributed by atoms with Gasteiger partial charge in [0.25, 0.3) is 5.91 Å². The summed E-state index contributed by atoms with van der Waals surface area (Å²) >= 11 is 3.33. The molecule has 7 nitrogen and oxygen atoms in total. The number of carbonyl (C=O) groups excluding carboxylic acids is 1. The van der Waals surface area contributed by atoms with Gasteiger partial charge in [-0.3, -0.25) is 4.79 Å². The van der Waals surface area contributed by atoms with E-state index in [0.29, 0.717) is 17.4 Å². The average molecular weight is 463 g/mol. The summed E-state index contributed by atoms with van der Waals surface area (Å²) in [5.74, 6) is 0.442. The maximum absolute atomic E-state index is 12.6. The molecule has 1 heterocycles. The van der Waals surface area contributed by atoms with E-state index in [2.05, 4.69) is 35.9 Å². The minimum Gasteiger partial charge on any atom is -0.352 e.